The van der Waals surface area contributed by atoms with Gasteiger partial charge in [0.2, 0.25) is 0 Å². The molecule has 0 radical (unpaired) electrons. The highest BCUT2D eigenvalue weighted by atomic mass is 19.1. The number of carbonyl (C=O) groups is 1. The molecule has 7 heteroatoms. The van der Waals surface area contributed by atoms with Crippen molar-refractivity contribution in [1.82, 2.24) is 5.32 Å². The number of aliphatic hydroxyl groups excluding tert-OH is 1. The first-order chi connectivity index (χ1) is 14.4. The van der Waals surface area contributed by atoms with Crippen molar-refractivity contribution in [2.45, 2.75) is 32.4 Å². The Morgan fingerprint density at radius 1 is 1.27 bits per heavy atom. The summed E-state index contributed by atoms with van der Waals surface area (Å²) in [5.41, 5.74) is 4.01. The van der Waals surface area contributed by atoms with Crippen molar-refractivity contribution in [2.24, 2.45) is 0 Å². The van der Waals surface area contributed by atoms with Crippen molar-refractivity contribution in [1.29, 1.82) is 5.41 Å². The molecule has 0 saturated carbocycles. The van der Waals surface area contributed by atoms with E-state index in [1.165, 1.54) is 6.21 Å². The predicted molar refractivity (Wildman–Crippen MR) is 115 cm³/mol. The highest BCUT2D eigenvalue weighted by Gasteiger charge is 2.29. The molecule has 158 valence electrons. The lowest BCUT2D eigenvalue weighted by molar-refractivity contribution is 0.0882. The smallest absolute Gasteiger partial charge is 0.254 e. The van der Waals surface area contributed by atoms with E-state index in [4.69, 9.17) is 10.1 Å². The van der Waals surface area contributed by atoms with Gasteiger partial charge in [-0.1, -0.05) is 12.1 Å². The third-order valence-electron chi connectivity index (χ3n) is 5.33. The fraction of sp³-hybridized carbons (Fsp3) is 0.304. The Morgan fingerprint density at radius 2 is 2.00 bits per heavy atom. The van der Waals surface area contributed by atoms with Crippen LogP contribution < -0.4 is 10.6 Å². The minimum atomic E-state index is -0.788. The number of benzene rings is 2. The SMILES string of the molecule is Cc1c(Cc2ccc(N/C=C\C=N)cc2)cc(C(=O)NC2COCC2O)c(F)c1C. The molecule has 2 aromatic carbocycles. The lowest BCUT2D eigenvalue weighted by Gasteiger charge is -2.18. The van der Waals surface area contributed by atoms with E-state index < -0.39 is 23.9 Å². The van der Waals surface area contributed by atoms with Gasteiger partial charge in [-0.2, -0.15) is 0 Å². The average Bonchev–Trinajstić information content (AvgIpc) is 3.14. The van der Waals surface area contributed by atoms with Gasteiger partial charge in [0.1, 0.15) is 5.82 Å². The van der Waals surface area contributed by atoms with E-state index in [0.717, 1.165) is 22.4 Å². The molecule has 1 saturated heterocycles. The standard InChI is InChI=1S/C23H26FN3O3/c1-14-15(2)22(24)19(23(29)27-20-12-30-13-21(20)28)11-17(14)10-16-4-6-18(7-5-16)26-9-3-8-25/h3-9,11,20-21,25-26,28H,10,12-13H2,1-2H3,(H,27,29)/b9-3-,25-8?. The summed E-state index contributed by atoms with van der Waals surface area (Å²) in [5, 5.41) is 22.5. The van der Waals surface area contributed by atoms with Gasteiger partial charge in [0, 0.05) is 18.1 Å². The number of hydrogen-bond donors (Lipinski definition) is 4. The number of amides is 1. The van der Waals surface area contributed by atoms with Crippen LogP contribution in [0.1, 0.15) is 32.6 Å². The second kappa shape index (κ2) is 9.65. The van der Waals surface area contributed by atoms with Crippen LogP contribution in [0.3, 0.4) is 0 Å². The lowest BCUT2D eigenvalue weighted by atomic mass is 9.93. The molecule has 4 N–H and O–H groups in total. The molecule has 2 aromatic rings. The number of hydrogen-bond acceptors (Lipinski definition) is 5. The van der Waals surface area contributed by atoms with E-state index in [2.05, 4.69) is 10.6 Å². The number of anilines is 1. The average molecular weight is 411 g/mol. The summed E-state index contributed by atoms with van der Waals surface area (Å²) in [4.78, 5) is 12.7. The maximum absolute atomic E-state index is 14.8. The predicted octanol–water partition coefficient (Wildman–Crippen LogP) is 3.10. The minimum Gasteiger partial charge on any atom is -0.388 e. The number of aliphatic hydroxyl groups is 1. The molecule has 1 aliphatic rings. The number of nitrogens with one attached hydrogen (secondary N) is 3. The Bertz CT molecular complexity index is 957. The third-order valence-corrected chi connectivity index (χ3v) is 5.33. The maximum atomic E-state index is 14.8. The normalized spacial score (nSPS) is 18.5. The number of carbonyl (C=O) groups excluding carboxylic acids is 1. The summed E-state index contributed by atoms with van der Waals surface area (Å²) in [6, 6.07) is 8.82. The first kappa shape index (κ1) is 21.7. The molecule has 2 unspecified atom stereocenters. The molecule has 6 nitrogen and oxygen atoms in total. The second-order valence-electron chi connectivity index (χ2n) is 7.38. The maximum Gasteiger partial charge on any atom is 0.254 e. The van der Waals surface area contributed by atoms with Crippen LogP contribution in [-0.2, 0) is 11.2 Å². The zero-order chi connectivity index (χ0) is 21.7. The Labute approximate surface area is 175 Å². The zero-order valence-corrected chi connectivity index (χ0v) is 17.0. The van der Waals surface area contributed by atoms with Gasteiger partial charge in [0.05, 0.1) is 30.9 Å². The van der Waals surface area contributed by atoms with Gasteiger partial charge in [0.25, 0.3) is 5.91 Å². The van der Waals surface area contributed by atoms with Gasteiger partial charge < -0.3 is 25.9 Å². The van der Waals surface area contributed by atoms with Crippen molar-refractivity contribution in [3.8, 4) is 0 Å². The van der Waals surface area contributed by atoms with Crippen LogP contribution in [0.4, 0.5) is 10.1 Å². The number of rotatable bonds is 7. The zero-order valence-electron chi connectivity index (χ0n) is 17.0. The fourth-order valence-corrected chi connectivity index (χ4v) is 3.36. The highest BCUT2D eigenvalue weighted by Crippen LogP contribution is 2.24. The molecule has 1 amide bonds. The molecule has 1 fully saturated rings. The largest absolute Gasteiger partial charge is 0.388 e. The van der Waals surface area contributed by atoms with Gasteiger partial charge in [-0.3, -0.25) is 4.79 Å². The molecule has 0 spiro atoms. The Morgan fingerprint density at radius 3 is 2.63 bits per heavy atom. The molecule has 1 aliphatic heterocycles. The van der Waals surface area contributed by atoms with Gasteiger partial charge in [-0.25, -0.2) is 4.39 Å². The van der Waals surface area contributed by atoms with Crippen LogP contribution in [0.5, 0.6) is 0 Å². The van der Waals surface area contributed by atoms with Crippen LogP contribution in [0.25, 0.3) is 0 Å². The summed E-state index contributed by atoms with van der Waals surface area (Å²) in [7, 11) is 0. The van der Waals surface area contributed by atoms with Crippen molar-refractivity contribution in [3.05, 3.63) is 76.2 Å². The van der Waals surface area contributed by atoms with Gasteiger partial charge in [0.15, 0.2) is 0 Å². The van der Waals surface area contributed by atoms with Crippen LogP contribution in [0.2, 0.25) is 0 Å². The number of halogens is 1. The van der Waals surface area contributed by atoms with Crippen molar-refractivity contribution in [3.63, 3.8) is 0 Å². The Kier molecular flexibility index (Phi) is 6.97. The van der Waals surface area contributed by atoms with E-state index in [1.54, 1.807) is 25.3 Å². The van der Waals surface area contributed by atoms with Crippen molar-refractivity contribution >= 4 is 17.8 Å². The molecule has 0 aromatic heterocycles. The lowest BCUT2D eigenvalue weighted by Crippen LogP contribution is -2.42. The van der Waals surface area contributed by atoms with E-state index in [1.807, 2.05) is 31.2 Å². The number of allylic oxidation sites excluding steroid dienone is 1. The summed E-state index contributed by atoms with van der Waals surface area (Å²) >= 11 is 0. The molecule has 3 rings (SSSR count). The van der Waals surface area contributed by atoms with E-state index in [-0.39, 0.29) is 18.8 Å². The van der Waals surface area contributed by atoms with Gasteiger partial charge in [-0.05, 0) is 66.8 Å². The molecular weight excluding hydrogens is 385 g/mol. The van der Waals surface area contributed by atoms with Gasteiger partial charge >= 0.3 is 0 Å². The quantitative estimate of drug-likeness (QED) is 0.527. The minimum absolute atomic E-state index is 0.0257. The monoisotopic (exact) mass is 411 g/mol. The van der Waals surface area contributed by atoms with E-state index >= 15 is 0 Å². The Balaban J connectivity index is 1.80. The molecule has 0 aliphatic carbocycles. The van der Waals surface area contributed by atoms with Crippen molar-refractivity contribution in [2.75, 3.05) is 18.5 Å². The Hall–Kier alpha value is -3.03. The van der Waals surface area contributed by atoms with E-state index in [9.17, 15) is 14.3 Å². The molecule has 0 bridgehead atoms. The number of ether oxygens (including phenoxy) is 1. The van der Waals surface area contributed by atoms with E-state index in [0.29, 0.717) is 12.0 Å². The van der Waals surface area contributed by atoms with Crippen LogP contribution in [-0.4, -0.2) is 42.6 Å². The van der Waals surface area contributed by atoms with Crippen LogP contribution in [0, 0.1) is 25.1 Å². The van der Waals surface area contributed by atoms with Gasteiger partial charge in [-0.15, -0.1) is 0 Å². The summed E-state index contributed by atoms with van der Waals surface area (Å²) in [6.45, 7) is 3.89. The molecular formula is C23H26FN3O3. The van der Waals surface area contributed by atoms with Crippen LogP contribution in [0.15, 0.2) is 42.6 Å². The topological polar surface area (TPSA) is 94.4 Å². The third kappa shape index (κ3) is 4.93. The molecule has 30 heavy (non-hydrogen) atoms. The summed E-state index contributed by atoms with van der Waals surface area (Å²) < 4.78 is 20.0. The van der Waals surface area contributed by atoms with Crippen molar-refractivity contribution < 1.29 is 19.0 Å². The second-order valence-corrected chi connectivity index (χ2v) is 7.38. The highest BCUT2D eigenvalue weighted by molar-refractivity contribution is 5.95. The molecule has 2 atom stereocenters. The summed E-state index contributed by atoms with van der Waals surface area (Å²) in [6.07, 6.45) is 4.21. The molecule has 1 heterocycles. The first-order valence-corrected chi connectivity index (χ1v) is 9.77. The first-order valence-electron chi connectivity index (χ1n) is 9.77. The fourth-order valence-electron chi connectivity index (χ4n) is 3.36. The van der Waals surface area contributed by atoms with Crippen LogP contribution >= 0.6 is 0 Å². The summed E-state index contributed by atoms with van der Waals surface area (Å²) in [5.74, 6) is -1.09.